The molecule has 2 rings (SSSR count). The van der Waals surface area contributed by atoms with Crippen molar-refractivity contribution in [1.29, 1.82) is 0 Å². The van der Waals surface area contributed by atoms with E-state index < -0.39 is 0 Å². The summed E-state index contributed by atoms with van der Waals surface area (Å²) in [4.78, 5) is 11.3. The van der Waals surface area contributed by atoms with Gasteiger partial charge in [0.15, 0.2) is 0 Å². The predicted molar refractivity (Wildman–Crippen MR) is 65.2 cm³/mol. The van der Waals surface area contributed by atoms with E-state index >= 15 is 0 Å². The molecule has 1 heterocycles. The van der Waals surface area contributed by atoms with Crippen LogP contribution in [0.2, 0.25) is 0 Å². The molecule has 2 aliphatic rings. The Balaban J connectivity index is 1.79. The Morgan fingerprint density at radius 2 is 1.88 bits per heavy atom. The first kappa shape index (κ1) is 11.9. The fourth-order valence-corrected chi connectivity index (χ4v) is 3.32. The highest BCUT2D eigenvalue weighted by Gasteiger charge is 2.36. The summed E-state index contributed by atoms with van der Waals surface area (Å²) in [6.45, 7) is 2.39. The summed E-state index contributed by atoms with van der Waals surface area (Å²) in [6, 6.07) is 0. The average Bonchev–Trinajstić information content (AvgIpc) is 2.33. The molecule has 0 aromatic carbocycles. The van der Waals surface area contributed by atoms with Crippen LogP contribution >= 0.6 is 0 Å². The van der Waals surface area contributed by atoms with Crippen molar-refractivity contribution in [2.75, 3.05) is 20.1 Å². The molecule has 0 bridgehead atoms. The largest absolute Gasteiger partial charge is 0.359 e. The Morgan fingerprint density at radius 1 is 1.25 bits per heavy atom. The van der Waals surface area contributed by atoms with Gasteiger partial charge in [0.05, 0.1) is 0 Å². The maximum absolute atomic E-state index is 11.3. The van der Waals surface area contributed by atoms with E-state index in [1.807, 2.05) is 0 Å². The number of hydrogen-bond donors (Lipinski definition) is 2. The molecule has 1 amide bonds. The quantitative estimate of drug-likeness (QED) is 0.749. The minimum atomic E-state index is 0.214. The molecule has 1 aliphatic carbocycles. The van der Waals surface area contributed by atoms with E-state index in [-0.39, 0.29) is 5.91 Å². The second-order valence-electron chi connectivity index (χ2n) is 5.57. The highest BCUT2D eigenvalue weighted by atomic mass is 16.1. The second-order valence-corrected chi connectivity index (χ2v) is 5.57. The van der Waals surface area contributed by atoms with Gasteiger partial charge in [-0.05, 0) is 62.9 Å². The topological polar surface area (TPSA) is 41.1 Å². The normalized spacial score (nSPS) is 25.6. The van der Waals surface area contributed by atoms with Crippen molar-refractivity contribution in [3.63, 3.8) is 0 Å². The van der Waals surface area contributed by atoms with Crippen LogP contribution in [0.5, 0.6) is 0 Å². The lowest BCUT2D eigenvalue weighted by Crippen LogP contribution is -2.39. The van der Waals surface area contributed by atoms with Crippen molar-refractivity contribution in [2.24, 2.45) is 11.3 Å². The van der Waals surface area contributed by atoms with Gasteiger partial charge < -0.3 is 10.6 Å². The molecule has 1 saturated heterocycles. The van der Waals surface area contributed by atoms with Crippen molar-refractivity contribution < 1.29 is 4.79 Å². The minimum absolute atomic E-state index is 0.214. The van der Waals surface area contributed by atoms with Gasteiger partial charge in [-0.15, -0.1) is 0 Å². The summed E-state index contributed by atoms with van der Waals surface area (Å²) < 4.78 is 0. The van der Waals surface area contributed by atoms with E-state index in [4.69, 9.17) is 0 Å². The lowest BCUT2D eigenvalue weighted by molar-refractivity contribution is -0.122. The highest BCUT2D eigenvalue weighted by molar-refractivity contribution is 5.75. The smallest absolute Gasteiger partial charge is 0.220 e. The number of amides is 1. The molecule has 1 spiro atoms. The maximum Gasteiger partial charge on any atom is 0.220 e. The number of carbonyl (C=O) groups is 1. The molecule has 0 radical (unpaired) electrons. The Bertz CT molecular complexity index is 236. The van der Waals surface area contributed by atoms with E-state index in [0.717, 1.165) is 6.42 Å². The van der Waals surface area contributed by atoms with E-state index in [2.05, 4.69) is 10.6 Å². The van der Waals surface area contributed by atoms with Crippen molar-refractivity contribution in [1.82, 2.24) is 10.6 Å². The van der Waals surface area contributed by atoms with Crippen LogP contribution in [0.4, 0.5) is 0 Å². The van der Waals surface area contributed by atoms with E-state index in [1.165, 1.54) is 51.6 Å². The first-order valence-electron chi connectivity index (χ1n) is 6.65. The molecule has 16 heavy (non-hydrogen) atoms. The van der Waals surface area contributed by atoms with Gasteiger partial charge in [0.25, 0.3) is 0 Å². The van der Waals surface area contributed by atoms with Crippen LogP contribution < -0.4 is 10.6 Å². The summed E-state index contributed by atoms with van der Waals surface area (Å²) in [5.41, 5.74) is 0.629. The summed E-state index contributed by atoms with van der Waals surface area (Å²) >= 11 is 0. The van der Waals surface area contributed by atoms with Crippen LogP contribution in [-0.2, 0) is 4.79 Å². The van der Waals surface area contributed by atoms with Crippen molar-refractivity contribution in [2.45, 2.75) is 44.9 Å². The van der Waals surface area contributed by atoms with Crippen molar-refractivity contribution in [3.8, 4) is 0 Å². The van der Waals surface area contributed by atoms with Gasteiger partial charge in [-0.25, -0.2) is 0 Å². The molecule has 0 aromatic heterocycles. The zero-order valence-corrected chi connectivity index (χ0v) is 10.3. The Morgan fingerprint density at radius 3 is 2.44 bits per heavy atom. The maximum atomic E-state index is 11.3. The third-order valence-electron chi connectivity index (χ3n) is 4.58. The fourth-order valence-electron chi connectivity index (χ4n) is 3.32. The number of hydrogen-bond acceptors (Lipinski definition) is 2. The molecule has 0 atom stereocenters. The number of piperidine rings is 1. The molecule has 3 heteroatoms. The van der Waals surface area contributed by atoms with Crippen molar-refractivity contribution in [3.05, 3.63) is 0 Å². The van der Waals surface area contributed by atoms with Gasteiger partial charge in [-0.2, -0.15) is 0 Å². The monoisotopic (exact) mass is 224 g/mol. The van der Waals surface area contributed by atoms with Crippen LogP contribution in [0.15, 0.2) is 0 Å². The SMILES string of the molecule is CNC(=O)CC1CCC2(CCNCC2)CC1. The standard InChI is InChI=1S/C13H24N2O/c1-14-12(16)10-11-2-4-13(5-3-11)6-8-15-9-7-13/h11,15H,2-10H2,1H3,(H,14,16). The Hall–Kier alpha value is -0.570. The van der Waals surface area contributed by atoms with Crippen LogP contribution in [0.3, 0.4) is 0 Å². The molecule has 3 nitrogen and oxygen atoms in total. The number of carbonyl (C=O) groups excluding carboxylic acids is 1. The van der Waals surface area contributed by atoms with Gasteiger partial charge in [0, 0.05) is 13.5 Å². The lowest BCUT2D eigenvalue weighted by atomic mass is 9.65. The van der Waals surface area contributed by atoms with Gasteiger partial charge in [0.2, 0.25) is 5.91 Å². The zero-order valence-electron chi connectivity index (χ0n) is 10.3. The predicted octanol–water partition coefficient (Wildman–Crippen LogP) is 1.68. The fraction of sp³-hybridized carbons (Fsp3) is 0.923. The first-order valence-corrected chi connectivity index (χ1v) is 6.65. The molecule has 2 N–H and O–H groups in total. The van der Waals surface area contributed by atoms with Gasteiger partial charge in [-0.3, -0.25) is 4.79 Å². The van der Waals surface area contributed by atoms with Crippen LogP contribution in [0.1, 0.15) is 44.9 Å². The molecule has 1 saturated carbocycles. The van der Waals surface area contributed by atoms with Crippen LogP contribution in [-0.4, -0.2) is 26.0 Å². The van der Waals surface area contributed by atoms with E-state index in [0.29, 0.717) is 11.3 Å². The molecule has 0 unspecified atom stereocenters. The van der Waals surface area contributed by atoms with Crippen LogP contribution in [0.25, 0.3) is 0 Å². The third-order valence-corrected chi connectivity index (χ3v) is 4.58. The number of nitrogens with one attached hydrogen (secondary N) is 2. The molecule has 1 aliphatic heterocycles. The molecular formula is C13H24N2O. The van der Waals surface area contributed by atoms with Crippen LogP contribution in [0, 0.1) is 11.3 Å². The van der Waals surface area contributed by atoms with E-state index in [9.17, 15) is 4.79 Å². The summed E-state index contributed by atoms with van der Waals surface area (Å²) in [7, 11) is 1.74. The second kappa shape index (κ2) is 5.17. The summed E-state index contributed by atoms with van der Waals surface area (Å²) in [5.74, 6) is 0.853. The average molecular weight is 224 g/mol. The third kappa shape index (κ3) is 2.76. The van der Waals surface area contributed by atoms with Crippen molar-refractivity contribution >= 4 is 5.91 Å². The zero-order chi connectivity index (χ0) is 11.4. The van der Waals surface area contributed by atoms with Gasteiger partial charge in [-0.1, -0.05) is 0 Å². The van der Waals surface area contributed by atoms with Gasteiger partial charge in [0.1, 0.15) is 0 Å². The minimum Gasteiger partial charge on any atom is -0.359 e. The highest BCUT2D eigenvalue weighted by Crippen LogP contribution is 2.45. The Labute approximate surface area is 98.4 Å². The van der Waals surface area contributed by atoms with E-state index in [1.54, 1.807) is 7.05 Å². The van der Waals surface area contributed by atoms with Gasteiger partial charge >= 0.3 is 0 Å². The molecule has 0 aromatic rings. The lowest BCUT2D eigenvalue weighted by Gasteiger charge is -2.43. The molecule has 92 valence electrons. The molecule has 2 fully saturated rings. The molecular weight excluding hydrogens is 200 g/mol. The number of rotatable bonds is 2. The summed E-state index contributed by atoms with van der Waals surface area (Å²) in [5, 5.41) is 6.18. The Kier molecular flexibility index (Phi) is 3.85. The first-order chi connectivity index (χ1) is 7.74. The summed E-state index contributed by atoms with van der Waals surface area (Å²) in [6.07, 6.45) is 8.64.